The summed E-state index contributed by atoms with van der Waals surface area (Å²) in [5.74, 6) is 0.764. The number of benzene rings is 1. The Morgan fingerprint density at radius 2 is 2.04 bits per heavy atom. The maximum Gasteiger partial charge on any atom is 0.211 e. The van der Waals surface area contributed by atoms with Crippen LogP contribution in [0.5, 0.6) is 0 Å². The third kappa shape index (κ3) is 6.53. The van der Waals surface area contributed by atoms with E-state index in [1.54, 1.807) is 0 Å². The van der Waals surface area contributed by atoms with Gasteiger partial charge in [0.2, 0.25) is 10.0 Å². The minimum Gasteiger partial charge on any atom is -0.361 e. The van der Waals surface area contributed by atoms with Crippen LogP contribution in [-0.4, -0.2) is 62.6 Å². The van der Waals surface area contributed by atoms with E-state index in [0.29, 0.717) is 26.1 Å². The van der Waals surface area contributed by atoms with E-state index < -0.39 is 10.0 Å². The number of guanidine groups is 1. The second-order valence-corrected chi connectivity index (χ2v) is 8.89. The van der Waals surface area contributed by atoms with Crippen molar-refractivity contribution in [2.75, 3.05) is 39.0 Å². The van der Waals surface area contributed by atoms with Gasteiger partial charge in [-0.2, -0.15) is 0 Å². The van der Waals surface area contributed by atoms with Crippen molar-refractivity contribution in [3.8, 4) is 0 Å². The van der Waals surface area contributed by atoms with Crippen LogP contribution in [0.2, 0.25) is 0 Å². The van der Waals surface area contributed by atoms with Gasteiger partial charge < -0.3 is 15.6 Å². The minimum atomic E-state index is -3.14. The summed E-state index contributed by atoms with van der Waals surface area (Å²) in [6.45, 7) is 9.09. The maximum absolute atomic E-state index is 11.6. The molecule has 0 aliphatic heterocycles. The van der Waals surface area contributed by atoms with Gasteiger partial charge in [-0.1, -0.05) is 19.1 Å². The van der Waals surface area contributed by atoms with Crippen molar-refractivity contribution in [2.24, 2.45) is 4.99 Å². The average molecular weight is 408 g/mol. The van der Waals surface area contributed by atoms with Gasteiger partial charge in [-0.05, 0) is 43.9 Å². The molecular formula is C20H33N5O2S. The quantitative estimate of drug-likeness (QED) is 0.320. The molecule has 0 spiro atoms. The minimum absolute atomic E-state index is 0.491. The summed E-state index contributed by atoms with van der Waals surface area (Å²) in [6, 6.07) is 6.46. The highest BCUT2D eigenvalue weighted by Crippen LogP contribution is 2.19. The third-order valence-corrected chi connectivity index (χ3v) is 5.99. The Labute approximate surface area is 168 Å². The Morgan fingerprint density at radius 1 is 1.25 bits per heavy atom. The fourth-order valence-corrected chi connectivity index (χ4v) is 4.09. The first-order chi connectivity index (χ1) is 13.3. The molecule has 0 bridgehead atoms. The smallest absolute Gasteiger partial charge is 0.211 e. The van der Waals surface area contributed by atoms with Crippen LogP contribution in [0.25, 0.3) is 10.9 Å². The average Bonchev–Trinajstić information content (AvgIpc) is 3.02. The molecule has 1 heterocycles. The monoisotopic (exact) mass is 407 g/mol. The number of aromatic nitrogens is 1. The van der Waals surface area contributed by atoms with E-state index in [2.05, 4.69) is 51.9 Å². The first-order valence-corrected chi connectivity index (χ1v) is 11.7. The summed E-state index contributed by atoms with van der Waals surface area (Å²) >= 11 is 0. The van der Waals surface area contributed by atoms with Crippen LogP contribution >= 0.6 is 0 Å². The lowest BCUT2D eigenvalue weighted by Gasteiger charge is -2.17. The van der Waals surface area contributed by atoms with E-state index in [-0.39, 0.29) is 0 Å². The number of rotatable bonds is 10. The number of aryl methyl sites for hydroxylation is 1. The summed E-state index contributed by atoms with van der Waals surface area (Å²) in [4.78, 5) is 7.89. The van der Waals surface area contributed by atoms with E-state index in [1.165, 1.54) is 32.6 Å². The SMILES string of the molecule is CCNC(=NCCCN(CC)S(C)(=O)=O)NCCc1c[nH]c2cc(C)ccc12. The molecule has 7 nitrogen and oxygen atoms in total. The molecule has 1 aromatic heterocycles. The van der Waals surface area contributed by atoms with Gasteiger partial charge >= 0.3 is 0 Å². The van der Waals surface area contributed by atoms with E-state index >= 15 is 0 Å². The number of nitrogens with one attached hydrogen (secondary N) is 3. The molecule has 28 heavy (non-hydrogen) atoms. The molecule has 0 radical (unpaired) electrons. The molecule has 0 aliphatic rings. The van der Waals surface area contributed by atoms with E-state index in [1.807, 2.05) is 13.8 Å². The second-order valence-electron chi connectivity index (χ2n) is 6.91. The molecule has 1 aromatic carbocycles. The van der Waals surface area contributed by atoms with Gasteiger partial charge in [-0.25, -0.2) is 12.7 Å². The Balaban J connectivity index is 1.85. The van der Waals surface area contributed by atoms with Crippen LogP contribution < -0.4 is 10.6 Å². The van der Waals surface area contributed by atoms with Gasteiger partial charge in [-0.15, -0.1) is 0 Å². The highest BCUT2D eigenvalue weighted by molar-refractivity contribution is 7.88. The Morgan fingerprint density at radius 3 is 2.71 bits per heavy atom. The molecule has 3 N–H and O–H groups in total. The van der Waals surface area contributed by atoms with Gasteiger partial charge in [0.25, 0.3) is 0 Å². The lowest BCUT2D eigenvalue weighted by atomic mass is 10.1. The number of fused-ring (bicyclic) bond motifs is 1. The van der Waals surface area contributed by atoms with Crippen LogP contribution in [0, 0.1) is 6.92 Å². The summed E-state index contributed by atoms with van der Waals surface area (Å²) in [5.41, 5.74) is 3.70. The summed E-state index contributed by atoms with van der Waals surface area (Å²) < 4.78 is 24.7. The van der Waals surface area contributed by atoms with Crippen molar-refractivity contribution in [2.45, 2.75) is 33.6 Å². The van der Waals surface area contributed by atoms with E-state index in [4.69, 9.17) is 0 Å². The van der Waals surface area contributed by atoms with Crippen molar-refractivity contribution in [3.63, 3.8) is 0 Å². The van der Waals surface area contributed by atoms with Gasteiger partial charge in [-0.3, -0.25) is 4.99 Å². The summed E-state index contributed by atoms with van der Waals surface area (Å²) in [5, 5.41) is 7.86. The van der Waals surface area contributed by atoms with Gasteiger partial charge in [0.05, 0.1) is 6.26 Å². The maximum atomic E-state index is 11.6. The largest absolute Gasteiger partial charge is 0.361 e. The molecule has 2 rings (SSSR count). The molecule has 2 aromatic rings. The van der Waals surface area contributed by atoms with Crippen LogP contribution in [0.3, 0.4) is 0 Å². The Bertz CT molecular complexity index is 889. The molecular weight excluding hydrogens is 374 g/mol. The van der Waals surface area contributed by atoms with Crippen LogP contribution in [0.1, 0.15) is 31.4 Å². The fraction of sp³-hybridized carbons (Fsp3) is 0.550. The molecule has 0 aliphatic carbocycles. The first-order valence-electron chi connectivity index (χ1n) is 9.89. The number of sulfonamides is 1. The fourth-order valence-electron chi connectivity index (χ4n) is 3.16. The standard InChI is InChI=1S/C20H33N5O2S/c1-5-21-20(22-11-7-13-25(6-2)28(4,26)27)23-12-10-17-15-24-19-14-16(3)8-9-18(17)19/h8-9,14-15,24H,5-7,10-13H2,1-4H3,(H2,21,22,23). The zero-order chi connectivity index (χ0) is 20.6. The number of aromatic amines is 1. The van der Waals surface area contributed by atoms with Crippen molar-refractivity contribution < 1.29 is 8.42 Å². The van der Waals surface area contributed by atoms with Gasteiger partial charge in [0.1, 0.15) is 0 Å². The number of H-pyrrole nitrogens is 1. The van der Waals surface area contributed by atoms with Crippen molar-refractivity contribution in [1.82, 2.24) is 19.9 Å². The number of hydrogen-bond donors (Lipinski definition) is 3. The summed E-state index contributed by atoms with van der Waals surface area (Å²) in [7, 11) is -3.14. The predicted octanol–water partition coefficient (Wildman–Crippen LogP) is 2.25. The normalized spacial score (nSPS) is 12.7. The topological polar surface area (TPSA) is 89.6 Å². The summed E-state index contributed by atoms with van der Waals surface area (Å²) in [6.07, 6.45) is 4.90. The highest BCUT2D eigenvalue weighted by Gasteiger charge is 2.13. The van der Waals surface area contributed by atoms with Crippen LogP contribution in [-0.2, 0) is 16.4 Å². The third-order valence-electron chi connectivity index (χ3n) is 4.61. The molecule has 0 saturated heterocycles. The first kappa shape index (κ1) is 22.2. The number of nitrogens with zero attached hydrogens (tertiary/aromatic N) is 2. The molecule has 0 unspecified atom stereocenters. The van der Waals surface area contributed by atoms with Crippen molar-refractivity contribution >= 4 is 26.9 Å². The van der Waals surface area contributed by atoms with Gasteiger partial charge in [0, 0.05) is 49.8 Å². The zero-order valence-electron chi connectivity index (χ0n) is 17.4. The number of hydrogen-bond acceptors (Lipinski definition) is 3. The number of aliphatic imine (C=N–C) groups is 1. The Kier molecular flexibility index (Phi) is 8.32. The van der Waals surface area contributed by atoms with Crippen LogP contribution in [0.15, 0.2) is 29.4 Å². The molecule has 0 atom stereocenters. The Hall–Kier alpha value is -2.06. The molecule has 0 saturated carbocycles. The van der Waals surface area contributed by atoms with Crippen LogP contribution in [0.4, 0.5) is 0 Å². The highest BCUT2D eigenvalue weighted by atomic mass is 32.2. The molecule has 0 amide bonds. The van der Waals surface area contributed by atoms with E-state index in [9.17, 15) is 8.42 Å². The van der Waals surface area contributed by atoms with Gasteiger partial charge in [0.15, 0.2) is 5.96 Å². The lowest BCUT2D eigenvalue weighted by Crippen LogP contribution is -2.38. The molecule has 0 fully saturated rings. The molecule has 8 heteroatoms. The molecule has 156 valence electrons. The lowest BCUT2D eigenvalue weighted by molar-refractivity contribution is 0.427. The van der Waals surface area contributed by atoms with Crippen molar-refractivity contribution in [3.05, 3.63) is 35.5 Å². The van der Waals surface area contributed by atoms with E-state index in [0.717, 1.165) is 25.5 Å². The predicted molar refractivity (Wildman–Crippen MR) is 117 cm³/mol. The zero-order valence-corrected chi connectivity index (χ0v) is 18.2. The van der Waals surface area contributed by atoms with Crippen molar-refractivity contribution in [1.29, 1.82) is 0 Å². The second kappa shape index (κ2) is 10.5.